The maximum Gasteiger partial charge on any atom is 0.383 e. The van der Waals surface area contributed by atoms with E-state index in [-0.39, 0.29) is 6.54 Å². The molecule has 1 aliphatic heterocycles. The molecule has 1 atom stereocenters. The summed E-state index contributed by atoms with van der Waals surface area (Å²) in [5.74, 6) is -6.43. The third-order valence-electron chi connectivity index (χ3n) is 3.51. The van der Waals surface area contributed by atoms with Crippen molar-refractivity contribution in [2.45, 2.75) is 38.8 Å². The minimum atomic E-state index is -4.63. The van der Waals surface area contributed by atoms with E-state index in [0.29, 0.717) is 12.2 Å². The molecule has 1 unspecified atom stereocenters. The quantitative estimate of drug-likeness (QED) is 0.763. The Bertz CT molecular complexity index is 498. The summed E-state index contributed by atoms with van der Waals surface area (Å²) in [5, 5.41) is 0. The fourth-order valence-electron chi connectivity index (χ4n) is 2.38. The third kappa shape index (κ3) is 2.11. The van der Waals surface area contributed by atoms with E-state index in [4.69, 9.17) is 0 Å². The highest BCUT2D eigenvalue weighted by Crippen LogP contribution is 2.33. The van der Waals surface area contributed by atoms with Gasteiger partial charge in [0.2, 0.25) is 0 Å². The number of halogens is 4. The maximum atomic E-state index is 13.1. The Morgan fingerprint density at radius 1 is 1.37 bits per heavy atom. The number of aryl methyl sites for hydroxylation is 1. The van der Waals surface area contributed by atoms with Crippen LogP contribution in [0.25, 0.3) is 0 Å². The van der Waals surface area contributed by atoms with Crippen LogP contribution in [0.1, 0.15) is 24.4 Å². The van der Waals surface area contributed by atoms with Crippen LogP contribution in [0, 0.1) is 6.92 Å². The van der Waals surface area contributed by atoms with Gasteiger partial charge in [-0.15, -0.1) is 0 Å². The van der Waals surface area contributed by atoms with Crippen LogP contribution >= 0.6 is 0 Å². The van der Waals surface area contributed by atoms with Gasteiger partial charge in [-0.2, -0.15) is 8.78 Å². The second-order valence-electron chi connectivity index (χ2n) is 4.65. The predicted molar refractivity (Wildman–Crippen MR) is 60.2 cm³/mol. The number of hydrogen-bond donors (Lipinski definition) is 0. The van der Waals surface area contributed by atoms with Crippen molar-refractivity contribution in [1.29, 1.82) is 0 Å². The number of hydrogen-bond acceptors (Lipinski definition) is 1. The first-order chi connectivity index (χ1) is 8.76. The minimum Gasteiger partial charge on any atom is -0.345 e. The standard InChI is InChI=1S/C12H14F4N2O/c1-7-3-4-9-8(2)18(6-5-17(7)9)11(19)12(15,16)10(13)14/h3-4,8,10H,5-6H2,1-2H3. The summed E-state index contributed by atoms with van der Waals surface area (Å²) in [6.07, 6.45) is -3.98. The van der Waals surface area contributed by atoms with Gasteiger partial charge in [-0.05, 0) is 26.0 Å². The molecule has 0 N–H and O–H groups in total. The first-order valence-corrected chi connectivity index (χ1v) is 5.90. The summed E-state index contributed by atoms with van der Waals surface area (Å²) in [4.78, 5) is 12.4. The first-order valence-electron chi connectivity index (χ1n) is 5.90. The lowest BCUT2D eigenvalue weighted by Crippen LogP contribution is -2.51. The van der Waals surface area contributed by atoms with Crippen LogP contribution in [0.3, 0.4) is 0 Å². The molecule has 2 heterocycles. The van der Waals surface area contributed by atoms with E-state index in [9.17, 15) is 22.4 Å². The molecular formula is C12H14F4N2O. The zero-order valence-electron chi connectivity index (χ0n) is 10.5. The van der Waals surface area contributed by atoms with Gasteiger partial charge in [0.1, 0.15) is 0 Å². The van der Waals surface area contributed by atoms with Crippen LogP contribution < -0.4 is 0 Å². The van der Waals surface area contributed by atoms with E-state index in [2.05, 4.69) is 0 Å². The molecule has 1 amide bonds. The highest BCUT2D eigenvalue weighted by Gasteiger charge is 2.52. The number of aromatic nitrogens is 1. The van der Waals surface area contributed by atoms with Gasteiger partial charge >= 0.3 is 12.3 Å². The molecule has 0 aromatic carbocycles. The molecule has 0 spiro atoms. The predicted octanol–water partition coefficient (Wildman–Crippen LogP) is 2.60. The molecule has 7 heteroatoms. The molecule has 1 aromatic rings. The molecule has 0 radical (unpaired) electrons. The van der Waals surface area contributed by atoms with Crippen LogP contribution in [0.5, 0.6) is 0 Å². The molecule has 3 nitrogen and oxygen atoms in total. The Kier molecular flexibility index (Phi) is 3.32. The highest BCUT2D eigenvalue weighted by molar-refractivity contribution is 5.84. The second-order valence-corrected chi connectivity index (χ2v) is 4.65. The fraction of sp³-hybridized carbons (Fsp3) is 0.583. The SMILES string of the molecule is Cc1ccc2n1CCN(C(=O)C(F)(F)C(F)F)C2C. The van der Waals surface area contributed by atoms with E-state index >= 15 is 0 Å². The van der Waals surface area contributed by atoms with Crippen LogP contribution in [0.15, 0.2) is 12.1 Å². The van der Waals surface area contributed by atoms with E-state index in [1.54, 1.807) is 13.0 Å². The van der Waals surface area contributed by atoms with Gasteiger partial charge in [0.15, 0.2) is 0 Å². The second kappa shape index (κ2) is 4.54. The molecule has 2 rings (SSSR count). The summed E-state index contributed by atoms with van der Waals surface area (Å²) in [6, 6.07) is 2.89. The fourth-order valence-corrected chi connectivity index (χ4v) is 2.38. The topological polar surface area (TPSA) is 25.2 Å². The van der Waals surface area contributed by atoms with E-state index in [0.717, 1.165) is 10.6 Å². The van der Waals surface area contributed by atoms with E-state index < -0.39 is 24.3 Å². The molecule has 1 aromatic heterocycles. The van der Waals surface area contributed by atoms with Crippen molar-refractivity contribution in [2.75, 3.05) is 6.54 Å². The lowest BCUT2D eigenvalue weighted by atomic mass is 10.1. The Balaban J connectivity index is 2.28. The molecule has 0 aliphatic carbocycles. The van der Waals surface area contributed by atoms with Crippen molar-refractivity contribution in [2.24, 2.45) is 0 Å². The van der Waals surface area contributed by atoms with Gasteiger partial charge in [-0.25, -0.2) is 8.78 Å². The van der Waals surface area contributed by atoms with Gasteiger partial charge in [0, 0.05) is 24.5 Å². The van der Waals surface area contributed by atoms with Gasteiger partial charge in [0.05, 0.1) is 6.04 Å². The average molecular weight is 278 g/mol. The maximum absolute atomic E-state index is 13.1. The van der Waals surface area contributed by atoms with Crippen LogP contribution in [-0.4, -0.2) is 34.3 Å². The van der Waals surface area contributed by atoms with Crippen molar-refractivity contribution in [3.05, 3.63) is 23.5 Å². The first kappa shape index (κ1) is 13.9. The van der Waals surface area contributed by atoms with E-state index in [1.165, 1.54) is 0 Å². The molecule has 0 bridgehead atoms. The normalized spacial score (nSPS) is 19.7. The van der Waals surface area contributed by atoms with Crippen LogP contribution in [0.4, 0.5) is 17.6 Å². The van der Waals surface area contributed by atoms with Gasteiger partial charge in [0.25, 0.3) is 5.91 Å². The lowest BCUT2D eigenvalue weighted by molar-refractivity contribution is -0.183. The number of carbonyl (C=O) groups is 1. The number of nitrogens with zero attached hydrogens (tertiary/aromatic N) is 2. The number of amides is 1. The number of fused-ring (bicyclic) bond motifs is 1. The van der Waals surface area contributed by atoms with Crippen LogP contribution in [-0.2, 0) is 11.3 Å². The summed E-state index contributed by atoms with van der Waals surface area (Å²) in [6.45, 7) is 3.76. The van der Waals surface area contributed by atoms with Crippen molar-refractivity contribution in [3.8, 4) is 0 Å². The van der Waals surface area contributed by atoms with Crippen molar-refractivity contribution < 1.29 is 22.4 Å². The molecule has 0 saturated carbocycles. The zero-order valence-corrected chi connectivity index (χ0v) is 10.5. The molecule has 0 fully saturated rings. The summed E-state index contributed by atoms with van der Waals surface area (Å²) in [5.41, 5.74) is 1.64. The Morgan fingerprint density at radius 3 is 2.58 bits per heavy atom. The third-order valence-corrected chi connectivity index (χ3v) is 3.51. The molecule has 19 heavy (non-hydrogen) atoms. The smallest absolute Gasteiger partial charge is 0.345 e. The minimum absolute atomic E-state index is 0.00479. The number of alkyl halides is 4. The van der Waals surface area contributed by atoms with E-state index in [1.807, 2.05) is 17.6 Å². The molecule has 1 aliphatic rings. The highest BCUT2D eigenvalue weighted by atomic mass is 19.3. The monoisotopic (exact) mass is 278 g/mol. The van der Waals surface area contributed by atoms with Gasteiger partial charge in [-0.1, -0.05) is 0 Å². The summed E-state index contributed by atoms with van der Waals surface area (Å²) < 4.78 is 52.6. The number of carbonyl (C=O) groups excluding carboxylic acids is 1. The Morgan fingerprint density at radius 2 is 2.00 bits per heavy atom. The van der Waals surface area contributed by atoms with Crippen LogP contribution in [0.2, 0.25) is 0 Å². The Hall–Kier alpha value is -1.53. The summed E-state index contributed by atoms with van der Waals surface area (Å²) in [7, 11) is 0. The van der Waals surface area contributed by atoms with Crippen molar-refractivity contribution >= 4 is 5.91 Å². The average Bonchev–Trinajstić information content (AvgIpc) is 2.71. The van der Waals surface area contributed by atoms with Crippen molar-refractivity contribution in [3.63, 3.8) is 0 Å². The van der Waals surface area contributed by atoms with Crippen molar-refractivity contribution in [1.82, 2.24) is 9.47 Å². The number of rotatable bonds is 2. The van der Waals surface area contributed by atoms with Gasteiger partial charge < -0.3 is 9.47 Å². The summed E-state index contributed by atoms with van der Waals surface area (Å²) >= 11 is 0. The molecule has 0 saturated heterocycles. The zero-order chi connectivity index (χ0) is 14.4. The molecule has 106 valence electrons. The lowest BCUT2D eigenvalue weighted by Gasteiger charge is -2.37. The van der Waals surface area contributed by atoms with Gasteiger partial charge in [-0.3, -0.25) is 4.79 Å². The largest absolute Gasteiger partial charge is 0.383 e. The Labute approximate surface area is 107 Å². The molecular weight excluding hydrogens is 264 g/mol.